The molecule has 130 valence electrons. The van der Waals surface area contributed by atoms with Crippen molar-refractivity contribution in [2.75, 3.05) is 6.54 Å². The molecule has 23 heavy (non-hydrogen) atoms. The summed E-state index contributed by atoms with van der Waals surface area (Å²) in [6.07, 6.45) is 10.7. The maximum absolute atomic E-state index is 11.7. The van der Waals surface area contributed by atoms with E-state index in [-0.39, 0.29) is 6.09 Å². The van der Waals surface area contributed by atoms with Crippen molar-refractivity contribution in [3.63, 3.8) is 0 Å². The Bertz CT molecular complexity index is 505. The van der Waals surface area contributed by atoms with Gasteiger partial charge >= 0.3 is 6.09 Å². The normalized spacial score (nSPS) is 21.9. The van der Waals surface area contributed by atoms with Crippen molar-refractivity contribution < 1.29 is 9.53 Å². The second-order valence-corrected chi connectivity index (χ2v) is 7.57. The standard InChI is InChI=1S/C18H31N3O2/c1-5-14-7-6-8-15(11-14)21-13-19-12-16(21)9-10-20-17(22)23-18(2,3)4/h12-15H,5-11H2,1-4H3,(H,20,22). The Hall–Kier alpha value is -1.52. The van der Waals surface area contributed by atoms with Gasteiger partial charge in [-0.2, -0.15) is 0 Å². The molecule has 0 radical (unpaired) electrons. The Labute approximate surface area is 139 Å². The molecule has 5 heteroatoms. The molecule has 0 aromatic carbocycles. The number of aromatic nitrogens is 2. The van der Waals surface area contributed by atoms with E-state index < -0.39 is 5.60 Å². The van der Waals surface area contributed by atoms with Crippen molar-refractivity contribution in [1.82, 2.24) is 14.9 Å². The number of carbonyl (C=O) groups excluding carboxylic acids is 1. The van der Waals surface area contributed by atoms with Crippen LogP contribution >= 0.6 is 0 Å². The summed E-state index contributed by atoms with van der Waals surface area (Å²) in [5, 5.41) is 2.83. The van der Waals surface area contributed by atoms with Gasteiger partial charge in [-0.3, -0.25) is 0 Å². The average Bonchev–Trinajstić information content (AvgIpc) is 2.94. The third kappa shape index (κ3) is 5.56. The number of alkyl carbamates (subject to hydrolysis) is 1. The van der Waals surface area contributed by atoms with Gasteiger partial charge in [-0.05, 0) is 39.5 Å². The number of hydrogen-bond acceptors (Lipinski definition) is 3. The molecule has 2 rings (SSSR count). The third-order valence-electron chi connectivity index (χ3n) is 4.52. The molecule has 1 heterocycles. The van der Waals surface area contributed by atoms with Gasteiger partial charge in [0.2, 0.25) is 0 Å². The summed E-state index contributed by atoms with van der Waals surface area (Å²) in [5.41, 5.74) is 0.742. The van der Waals surface area contributed by atoms with E-state index >= 15 is 0 Å². The Kier molecular flexibility index (Phi) is 6.08. The van der Waals surface area contributed by atoms with Gasteiger partial charge in [0.15, 0.2) is 0 Å². The lowest BCUT2D eigenvalue weighted by atomic mass is 9.84. The van der Waals surface area contributed by atoms with Gasteiger partial charge in [0.05, 0.1) is 6.33 Å². The zero-order valence-electron chi connectivity index (χ0n) is 15.0. The van der Waals surface area contributed by atoms with Gasteiger partial charge in [-0.1, -0.05) is 26.2 Å². The van der Waals surface area contributed by atoms with Crippen LogP contribution in [-0.4, -0.2) is 27.8 Å². The molecule has 1 N–H and O–H groups in total. The van der Waals surface area contributed by atoms with Gasteiger partial charge < -0.3 is 14.6 Å². The molecule has 1 aliphatic rings. The van der Waals surface area contributed by atoms with Crippen molar-refractivity contribution >= 4 is 6.09 Å². The first kappa shape index (κ1) is 17.8. The van der Waals surface area contributed by atoms with Crippen LogP contribution in [0.15, 0.2) is 12.5 Å². The van der Waals surface area contributed by atoms with E-state index in [4.69, 9.17) is 4.74 Å². The van der Waals surface area contributed by atoms with Crippen LogP contribution in [0.3, 0.4) is 0 Å². The topological polar surface area (TPSA) is 56.2 Å². The summed E-state index contributed by atoms with van der Waals surface area (Å²) in [5.74, 6) is 0.837. The lowest BCUT2D eigenvalue weighted by molar-refractivity contribution is 0.0528. The summed E-state index contributed by atoms with van der Waals surface area (Å²) < 4.78 is 7.58. The summed E-state index contributed by atoms with van der Waals surface area (Å²) in [6, 6.07) is 0.563. The molecule has 0 bridgehead atoms. The lowest BCUT2D eigenvalue weighted by Crippen LogP contribution is -2.33. The van der Waals surface area contributed by atoms with Crippen LogP contribution in [0.1, 0.15) is 71.5 Å². The molecule has 0 spiro atoms. The van der Waals surface area contributed by atoms with Gasteiger partial charge in [-0.15, -0.1) is 0 Å². The molecule has 1 saturated carbocycles. The molecule has 1 aromatic rings. The Balaban J connectivity index is 1.85. The molecular weight excluding hydrogens is 290 g/mol. The van der Waals surface area contributed by atoms with Crippen LogP contribution in [0.2, 0.25) is 0 Å². The number of imidazole rings is 1. The smallest absolute Gasteiger partial charge is 0.407 e. The highest BCUT2D eigenvalue weighted by Crippen LogP contribution is 2.34. The molecule has 0 saturated heterocycles. The number of ether oxygens (including phenoxy) is 1. The number of nitrogens with zero attached hydrogens (tertiary/aromatic N) is 2. The fourth-order valence-corrected chi connectivity index (χ4v) is 3.35. The van der Waals surface area contributed by atoms with Crippen LogP contribution < -0.4 is 5.32 Å². The van der Waals surface area contributed by atoms with Gasteiger partial charge in [0.25, 0.3) is 0 Å². The van der Waals surface area contributed by atoms with Crippen molar-refractivity contribution in [3.05, 3.63) is 18.2 Å². The van der Waals surface area contributed by atoms with Gasteiger partial charge in [0, 0.05) is 30.9 Å². The predicted molar refractivity (Wildman–Crippen MR) is 91.5 cm³/mol. The summed E-state index contributed by atoms with van der Waals surface area (Å²) in [6.45, 7) is 8.47. The minimum absolute atomic E-state index is 0.354. The van der Waals surface area contributed by atoms with E-state index in [1.165, 1.54) is 37.8 Å². The Morgan fingerprint density at radius 3 is 2.91 bits per heavy atom. The SMILES string of the molecule is CCC1CCCC(n2cncc2CCNC(=O)OC(C)(C)C)C1. The van der Waals surface area contributed by atoms with E-state index in [1.807, 2.05) is 33.3 Å². The molecular formula is C18H31N3O2. The second kappa shape index (κ2) is 7.84. The molecule has 2 atom stereocenters. The monoisotopic (exact) mass is 321 g/mol. The summed E-state index contributed by atoms with van der Waals surface area (Å²) in [7, 11) is 0. The minimum Gasteiger partial charge on any atom is -0.444 e. The van der Waals surface area contributed by atoms with Crippen LogP contribution in [0.4, 0.5) is 4.79 Å². The molecule has 2 unspecified atom stereocenters. The predicted octanol–water partition coefficient (Wildman–Crippen LogP) is 4.09. The fraction of sp³-hybridized carbons (Fsp3) is 0.778. The van der Waals surface area contributed by atoms with E-state index in [1.54, 1.807) is 0 Å². The van der Waals surface area contributed by atoms with E-state index in [2.05, 4.69) is 21.8 Å². The highest BCUT2D eigenvalue weighted by molar-refractivity contribution is 5.67. The van der Waals surface area contributed by atoms with Crippen molar-refractivity contribution in [1.29, 1.82) is 0 Å². The first-order chi connectivity index (χ1) is 10.9. The quantitative estimate of drug-likeness (QED) is 0.888. The van der Waals surface area contributed by atoms with E-state index in [0.717, 1.165) is 12.3 Å². The molecule has 1 amide bonds. The highest BCUT2D eigenvalue weighted by atomic mass is 16.6. The Morgan fingerprint density at radius 2 is 2.22 bits per heavy atom. The maximum atomic E-state index is 11.7. The molecule has 1 fully saturated rings. The van der Waals surface area contributed by atoms with E-state index in [0.29, 0.717) is 12.6 Å². The lowest BCUT2D eigenvalue weighted by Gasteiger charge is -2.30. The fourth-order valence-electron chi connectivity index (χ4n) is 3.35. The van der Waals surface area contributed by atoms with E-state index in [9.17, 15) is 4.79 Å². The number of carbonyl (C=O) groups is 1. The van der Waals surface area contributed by atoms with Crippen molar-refractivity contribution in [2.24, 2.45) is 5.92 Å². The Morgan fingerprint density at radius 1 is 1.43 bits per heavy atom. The first-order valence-electron chi connectivity index (χ1n) is 8.86. The average molecular weight is 321 g/mol. The van der Waals surface area contributed by atoms with Crippen LogP contribution in [0.5, 0.6) is 0 Å². The number of amides is 1. The zero-order chi connectivity index (χ0) is 16.9. The van der Waals surface area contributed by atoms with Crippen molar-refractivity contribution in [2.45, 2.75) is 77.9 Å². The van der Waals surface area contributed by atoms with Gasteiger partial charge in [0.1, 0.15) is 5.60 Å². The zero-order valence-corrected chi connectivity index (χ0v) is 15.0. The molecule has 1 aromatic heterocycles. The van der Waals surface area contributed by atoms with Gasteiger partial charge in [-0.25, -0.2) is 9.78 Å². The first-order valence-corrected chi connectivity index (χ1v) is 8.86. The molecule has 5 nitrogen and oxygen atoms in total. The van der Waals surface area contributed by atoms with Crippen LogP contribution in [0.25, 0.3) is 0 Å². The van der Waals surface area contributed by atoms with Crippen LogP contribution in [-0.2, 0) is 11.2 Å². The molecule has 0 aliphatic heterocycles. The highest BCUT2D eigenvalue weighted by Gasteiger charge is 2.23. The summed E-state index contributed by atoms with van der Waals surface area (Å²) in [4.78, 5) is 16.0. The summed E-state index contributed by atoms with van der Waals surface area (Å²) >= 11 is 0. The third-order valence-corrected chi connectivity index (χ3v) is 4.52. The van der Waals surface area contributed by atoms with Crippen molar-refractivity contribution in [3.8, 4) is 0 Å². The minimum atomic E-state index is -0.455. The largest absolute Gasteiger partial charge is 0.444 e. The maximum Gasteiger partial charge on any atom is 0.407 e. The van der Waals surface area contributed by atoms with Crippen LogP contribution in [0, 0.1) is 5.92 Å². The number of nitrogens with one attached hydrogen (secondary N) is 1. The molecule has 1 aliphatic carbocycles. The second-order valence-electron chi connectivity index (χ2n) is 7.57. The number of rotatable bonds is 5. The number of hydrogen-bond donors (Lipinski definition) is 1.